The van der Waals surface area contributed by atoms with Gasteiger partial charge in [-0.25, -0.2) is 4.98 Å². The average Bonchev–Trinajstić information content (AvgIpc) is 2.27. The fourth-order valence-electron chi connectivity index (χ4n) is 1.52. The normalized spacial score (nSPS) is 10.5. The standard InChI is InChI=1S/C12H12N2O/c1-2-11(15)9-3-5-10-8(7-9)4-6-12(13)14-10/h3-7H,2H2,1H3,(H2,13,14). The molecule has 1 aromatic carbocycles. The maximum absolute atomic E-state index is 11.5. The van der Waals surface area contributed by atoms with Crippen molar-refractivity contribution in [3.8, 4) is 0 Å². The van der Waals surface area contributed by atoms with Crippen LogP contribution in [0.2, 0.25) is 0 Å². The topological polar surface area (TPSA) is 56.0 Å². The molecule has 0 saturated carbocycles. The molecule has 3 heteroatoms. The lowest BCUT2D eigenvalue weighted by atomic mass is 10.1. The number of hydrogen-bond donors (Lipinski definition) is 1. The zero-order valence-electron chi connectivity index (χ0n) is 8.53. The number of nitrogens with zero attached hydrogens (tertiary/aromatic N) is 1. The zero-order chi connectivity index (χ0) is 10.8. The fraction of sp³-hybridized carbons (Fsp3) is 0.167. The van der Waals surface area contributed by atoms with Gasteiger partial charge in [-0.15, -0.1) is 0 Å². The average molecular weight is 200 g/mol. The van der Waals surface area contributed by atoms with Crippen molar-refractivity contribution in [3.63, 3.8) is 0 Å². The summed E-state index contributed by atoms with van der Waals surface area (Å²) in [5.74, 6) is 0.644. The minimum Gasteiger partial charge on any atom is -0.384 e. The highest BCUT2D eigenvalue weighted by atomic mass is 16.1. The number of ketones is 1. The lowest BCUT2D eigenvalue weighted by Crippen LogP contribution is -1.96. The smallest absolute Gasteiger partial charge is 0.162 e. The molecular formula is C12H12N2O. The van der Waals surface area contributed by atoms with Crippen molar-refractivity contribution < 1.29 is 4.79 Å². The Labute approximate surface area is 87.9 Å². The summed E-state index contributed by atoms with van der Waals surface area (Å²) in [5.41, 5.74) is 7.12. The van der Waals surface area contributed by atoms with E-state index in [0.717, 1.165) is 16.5 Å². The molecule has 0 fully saturated rings. The molecule has 0 bridgehead atoms. The van der Waals surface area contributed by atoms with Crippen LogP contribution in [0, 0.1) is 0 Å². The van der Waals surface area contributed by atoms with Crippen molar-refractivity contribution in [2.45, 2.75) is 13.3 Å². The Morgan fingerprint density at radius 3 is 2.87 bits per heavy atom. The van der Waals surface area contributed by atoms with Crippen molar-refractivity contribution >= 4 is 22.5 Å². The summed E-state index contributed by atoms with van der Waals surface area (Å²) in [6.45, 7) is 1.85. The van der Waals surface area contributed by atoms with Crippen LogP contribution in [0.15, 0.2) is 30.3 Å². The van der Waals surface area contributed by atoms with Gasteiger partial charge in [0, 0.05) is 17.4 Å². The summed E-state index contributed by atoms with van der Waals surface area (Å²) in [5, 5.41) is 0.948. The molecule has 2 aromatic rings. The molecule has 0 aliphatic carbocycles. The third-order valence-corrected chi connectivity index (χ3v) is 2.35. The van der Waals surface area contributed by atoms with Gasteiger partial charge < -0.3 is 5.73 Å². The summed E-state index contributed by atoms with van der Waals surface area (Å²) >= 11 is 0. The van der Waals surface area contributed by atoms with Crippen LogP contribution in [0.3, 0.4) is 0 Å². The number of nitrogens with two attached hydrogens (primary N) is 1. The summed E-state index contributed by atoms with van der Waals surface area (Å²) in [6.07, 6.45) is 0.522. The quantitative estimate of drug-likeness (QED) is 0.757. The molecule has 0 radical (unpaired) electrons. The van der Waals surface area contributed by atoms with E-state index in [0.29, 0.717) is 12.2 Å². The SMILES string of the molecule is CCC(=O)c1ccc2nc(N)ccc2c1. The molecule has 0 saturated heterocycles. The van der Waals surface area contributed by atoms with Gasteiger partial charge >= 0.3 is 0 Å². The second kappa shape index (κ2) is 3.69. The summed E-state index contributed by atoms with van der Waals surface area (Å²) in [7, 11) is 0. The van der Waals surface area contributed by atoms with Crippen molar-refractivity contribution in [1.82, 2.24) is 4.98 Å². The Morgan fingerprint density at radius 1 is 1.33 bits per heavy atom. The van der Waals surface area contributed by atoms with E-state index in [4.69, 9.17) is 5.73 Å². The molecule has 0 unspecified atom stereocenters. The maximum Gasteiger partial charge on any atom is 0.162 e. The van der Waals surface area contributed by atoms with Crippen molar-refractivity contribution in [3.05, 3.63) is 35.9 Å². The molecule has 76 valence electrons. The van der Waals surface area contributed by atoms with E-state index >= 15 is 0 Å². The first-order chi connectivity index (χ1) is 7.20. The Morgan fingerprint density at radius 2 is 2.13 bits per heavy atom. The Balaban J connectivity index is 2.57. The van der Waals surface area contributed by atoms with Gasteiger partial charge in [-0.1, -0.05) is 6.92 Å². The first kappa shape index (κ1) is 9.65. The molecule has 0 spiro atoms. The van der Waals surface area contributed by atoms with E-state index < -0.39 is 0 Å². The molecule has 1 heterocycles. The van der Waals surface area contributed by atoms with Gasteiger partial charge in [0.15, 0.2) is 5.78 Å². The van der Waals surface area contributed by atoms with Gasteiger partial charge in [0.1, 0.15) is 5.82 Å². The van der Waals surface area contributed by atoms with E-state index in [1.807, 2.05) is 25.1 Å². The van der Waals surface area contributed by atoms with Gasteiger partial charge in [-0.3, -0.25) is 4.79 Å². The second-order valence-corrected chi connectivity index (χ2v) is 3.42. The van der Waals surface area contributed by atoms with E-state index in [2.05, 4.69) is 4.98 Å². The van der Waals surface area contributed by atoms with Crippen LogP contribution in [0.5, 0.6) is 0 Å². The van der Waals surface area contributed by atoms with Crippen LogP contribution in [-0.4, -0.2) is 10.8 Å². The van der Waals surface area contributed by atoms with Crippen LogP contribution < -0.4 is 5.73 Å². The molecule has 3 nitrogen and oxygen atoms in total. The molecule has 2 N–H and O–H groups in total. The number of benzene rings is 1. The Hall–Kier alpha value is -1.90. The molecule has 0 aliphatic heterocycles. The van der Waals surface area contributed by atoms with Crippen LogP contribution in [0.25, 0.3) is 10.9 Å². The largest absolute Gasteiger partial charge is 0.384 e. The number of Topliss-reactive ketones (excluding diaryl/α,β-unsaturated/α-hetero) is 1. The van der Waals surface area contributed by atoms with Gasteiger partial charge in [-0.2, -0.15) is 0 Å². The second-order valence-electron chi connectivity index (χ2n) is 3.42. The van der Waals surface area contributed by atoms with E-state index in [1.165, 1.54) is 0 Å². The van der Waals surface area contributed by atoms with Gasteiger partial charge in [0.25, 0.3) is 0 Å². The summed E-state index contributed by atoms with van der Waals surface area (Å²) in [6, 6.07) is 9.09. The Bertz CT molecular complexity index is 520. The molecule has 15 heavy (non-hydrogen) atoms. The predicted octanol–water partition coefficient (Wildman–Crippen LogP) is 2.41. The molecule has 2 rings (SSSR count). The summed E-state index contributed by atoms with van der Waals surface area (Å²) in [4.78, 5) is 15.6. The minimum atomic E-state index is 0.147. The van der Waals surface area contributed by atoms with E-state index in [1.54, 1.807) is 12.1 Å². The van der Waals surface area contributed by atoms with Crippen LogP contribution in [-0.2, 0) is 0 Å². The lowest BCUT2D eigenvalue weighted by Gasteiger charge is -2.01. The van der Waals surface area contributed by atoms with Crippen LogP contribution >= 0.6 is 0 Å². The summed E-state index contributed by atoms with van der Waals surface area (Å²) < 4.78 is 0. The van der Waals surface area contributed by atoms with Gasteiger partial charge in [0.05, 0.1) is 5.52 Å². The maximum atomic E-state index is 11.5. The number of nitrogen functional groups attached to an aromatic ring is 1. The van der Waals surface area contributed by atoms with Crippen LogP contribution in [0.4, 0.5) is 5.82 Å². The van der Waals surface area contributed by atoms with Gasteiger partial charge in [-0.05, 0) is 30.3 Å². The number of carbonyl (C=O) groups excluding carboxylic acids is 1. The van der Waals surface area contributed by atoms with Crippen molar-refractivity contribution in [1.29, 1.82) is 0 Å². The number of anilines is 1. The lowest BCUT2D eigenvalue weighted by molar-refractivity contribution is 0.0988. The third kappa shape index (κ3) is 1.81. The molecule has 1 aromatic heterocycles. The van der Waals surface area contributed by atoms with Crippen LogP contribution in [0.1, 0.15) is 23.7 Å². The van der Waals surface area contributed by atoms with Crippen molar-refractivity contribution in [2.24, 2.45) is 0 Å². The minimum absolute atomic E-state index is 0.147. The Kier molecular flexibility index (Phi) is 2.37. The highest BCUT2D eigenvalue weighted by Gasteiger charge is 2.04. The number of aromatic nitrogens is 1. The predicted molar refractivity (Wildman–Crippen MR) is 60.8 cm³/mol. The van der Waals surface area contributed by atoms with Crippen molar-refractivity contribution in [2.75, 3.05) is 5.73 Å². The molecule has 0 atom stereocenters. The monoisotopic (exact) mass is 200 g/mol. The molecular weight excluding hydrogens is 188 g/mol. The first-order valence-electron chi connectivity index (χ1n) is 4.90. The number of fused-ring (bicyclic) bond motifs is 1. The van der Waals surface area contributed by atoms with Gasteiger partial charge in [0.2, 0.25) is 0 Å². The highest BCUT2D eigenvalue weighted by Crippen LogP contribution is 2.16. The number of carbonyl (C=O) groups is 1. The molecule has 0 aliphatic rings. The third-order valence-electron chi connectivity index (χ3n) is 2.35. The van der Waals surface area contributed by atoms with E-state index in [9.17, 15) is 4.79 Å². The zero-order valence-corrected chi connectivity index (χ0v) is 8.53. The molecule has 0 amide bonds. The number of hydrogen-bond acceptors (Lipinski definition) is 3. The first-order valence-corrected chi connectivity index (χ1v) is 4.90. The fourth-order valence-corrected chi connectivity index (χ4v) is 1.52. The number of rotatable bonds is 2. The van der Waals surface area contributed by atoms with E-state index in [-0.39, 0.29) is 5.78 Å². The highest BCUT2D eigenvalue weighted by molar-refractivity contribution is 5.99. The number of pyridine rings is 1.